The zero-order valence-corrected chi connectivity index (χ0v) is 10.7. The molecule has 1 aromatic heterocycles. The lowest BCUT2D eigenvalue weighted by molar-refractivity contribution is 0.872. The van der Waals surface area contributed by atoms with Gasteiger partial charge in [0.25, 0.3) is 0 Å². The van der Waals surface area contributed by atoms with Crippen LogP contribution in [0.3, 0.4) is 0 Å². The molecular formula is C14H15ClN2. The van der Waals surface area contributed by atoms with Crippen LogP contribution in [0.2, 0.25) is 5.02 Å². The highest BCUT2D eigenvalue weighted by molar-refractivity contribution is 6.31. The van der Waals surface area contributed by atoms with Crippen LogP contribution in [0.5, 0.6) is 0 Å². The van der Waals surface area contributed by atoms with Gasteiger partial charge in [-0.2, -0.15) is 0 Å². The molecule has 0 aliphatic rings. The number of hydrogen-bond donors (Lipinski definition) is 1. The molecule has 88 valence electrons. The normalized spacial score (nSPS) is 12.2. The third-order valence-corrected chi connectivity index (χ3v) is 3.08. The third-order valence-electron chi connectivity index (χ3n) is 2.73. The molecule has 1 heterocycles. The minimum atomic E-state index is 0.136. The number of anilines is 1. The fourth-order valence-electron chi connectivity index (χ4n) is 1.75. The lowest BCUT2D eigenvalue weighted by Gasteiger charge is -2.17. The SMILES string of the molecule is Cc1cccnc1NC(C)c1ccccc1Cl. The van der Waals surface area contributed by atoms with Crippen LogP contribution < -0.4 is 5.32 Å². The van der Waals surface area contributed by atoms with Crippen LogP contribution in [0.25, 0.3) is 0 Å². The Labute approximate surface area is 107 Å². The van der Waals surface area contributed by atoms with Crippen LogP contribution in [0.1, 0.15) is 24.1 Å². The Morgan fingerprint density at radius 2 is 1.94 bits per heavy atom. The molecule has 1 atom stereocenters. The summed E-state index contributed by atoms with van der Waals surface area (Å²) in [6.45, 7) is 4.12. The Balaban J connectivity index is 2.20. The van der Waals surface area contributed by atoms with Crippen molar-refractivity contribution in [2.24, 2.45) is 0 Å². The predicted octanol–water partition coefficient (Wildman–Crippen LogP) is 4.22. The van der Waals surface area contributed by atoms with Gasteiger partial charge >= 0.3 is 0 Å². The Morgan fingerprint density at radius 3 is 2.65 bits per heavy atom. The maximum Gasteiger partial charge on any atom is 0.129 e. The van der Waals surface area contributed by atoms with Gasteiger partial charge in [-0.15, -0.1) is 0 Å². The summed E-state index contributed by atoms with van der Waals surface area (Å²) in [7, 11) is 0. The van der Waals surface area contributed by atoms with Crippen LogP contribution in [-0.4, -0.2) is 4.98 Å². The molecule has 2 nitrogen and oxygen atoms in total. The van der Waals surface area contributed by atoms with Gasteiger partial charge in [-0.1, -0.05) is 35.9 Å². The molecule has 0 amide bonds. The maximum absolute atomic E-state index is 6.16. The smallest absolute Gasteiger partial charge is 0.129 e. The van der Waals surface area contributed by atoms with Crippen LogP contribution in [-0.2, 0) is 0 Å². The number of hydrogen-bond acceptors (Lipinski definition) is 2. The van der Waals surface area contributed by atoms with Crippen molar-refractivity contribution < 1.29 is 0 Å². The minimum Gasteiger partial charge on any atom is -0.363 e. The largest absolute Gasteiger partial charge is 0.363 e. The number of nitrogens with zero attached hydrogens (tertiary/aromatic N) is 1. The fraction of sp³-hybridized carbons (Fsp3) is 0.214. The molecule has 1 unspecified atom stereocenters. The van der Waals surface area contributed by atoms with Gasteiger partial charge in [0.2, 0.25) is 0 Å². The highest BCUT2D eigenvalue weighted by Crippen LogP contribution is 2.25. The molecule has 17 heavy (non-hydrogen) atoms. The molecule has 0 radical (unpaired) electrons. The van der Waals surface area contributed by atoms with E-state index in [-0.39, 0.29) is 6.04 Å². The molecule has 0 bridgehead atoms. The lowest BCUT2D eigenvalue weighted by atomic mass is 10.1. The standard InChI is InChI=1S/C14H15ClN2/c1-10-6-5-9-16-14(10)17-11(2)12-7-3-4-8-13(12)15/h3-9,11H,1-2H3,(H,16,17). The minimum absolute atomic E-state index is 0.136. The molecule has 0 saturated heterocycles. The molecular weight excluding hydrogens is 232 g/mol. The maximum atomic E-state index is 6.16. The highest BCUT2D eigenvalue weighted by atomic mass is 35.5. The zero-order valence-electron chi connectivity index (χ0n) is 9.94. The van der Waals surface area contributed by atoms with Crippen molar-refractivity contribution in [1.29, 1.82) is 0 Å². The van der Waals surface area contributed by atoms with Crippen molar-refractivity contribution in [2.45, 2.75) is 19.9 Å². The van der Waals surface area contributed by atoms with E-state index >= 15 is 0 Å². The Bertz CT molecular complexity index is 511. The molecule has 0 saturated carbocycles. The van der Waals surface area contributed by atoms with Crippen LogP contribution in [0.15, 0.2) is 42.6 Å². The van der Waals surface area contributed by atoms with Crippen molar-refractivity contribution in [3.05, 3.63) is 58.7 Å². The molecule has 3 heteroatoms. The van der Waals surface area contributed by atoms with Crippen molar-refractivity contribution >= 4 is 17.4 Å². The quantitative estimate of drug-likeness (QED) is 0.877. The average Bonchev–Trinajstić information content (AvgIpc) is 2.32. The van der Waals surface area contributed by atoms with Gasteiger partial charge in [-0.25, -0.2) is 4.98 Å². The summed E-state index contributed by atoms with van der Waals surface area (Å²) in [5.74, 6) is 0.903. The topological polar surface area (TPSA) is 24.9 Å². The molecule has 0 aliphatic heterocycles. The molecule has 1 aromatic carbocycles. The fourth-order valence-corrected chi connectivity index (χ4v) is 2.05. The van der Waals surface area contributed by atoms with Crippen molar-refractivity contribution in [3.63, 3.8) is 0 Å². The second-order valence-electron chi connectivity index (χ2n) is 4.06. The van der Waals surface area contributed by atoms with E-state index in [2.05, 4.69) is 17.2 Å². The molecule has 2 rings (SSSR count). The summed E-state index contributed by atoms with van der Waals surface area (Å²) >= 11 is 6.16. The molecule has 0 spiro atoms. The zero-order chi connectivity index (χ0) is 12.3. The van der Waals surface area contributed by atoms with Gasteiger partial charge in [0.15, 0.2) is 0 Å². The number of pyridine rings is 1. The van der Waals surface area contributed by atoms with Crippen molar-refractivity contribution in [3.8, 4) is 0 Å². The van der Waals surface area contributed by atoms with E-state index in [1.807, 2.05) is 43.3 Å². The van der Waals surface area contributed by atoms with E-state index in [0.717, 1.165) is 22.0 Å². The Hall–Kier alpha value is -1.54. The van der Waals surface area contributed by atoms with E-state index in [0.29, 0.717) is 0 Å². The van der Waals surface area contributed by atoms with Crippen LogP contribution >= 0.6 is 11.6 Å². The Morgan fingerprint density at radius 1 is 1.18 bits per heavy atom. The summed E-state index contributed by atoms with van der Waals surface area (Å²) in [5.41, 5.74) is 2.21. The first-order chi connectivity index (χ1) is 8.18. The van der Waals surface area contributed by atoms with Crippen molar-refractivity contribution in [1.82, 2.24) is 4.98 Å². The number of nitrogens with one attached hydrogen (secondary N) is 1. The van der Waals surface area contributed by atoms with Gasteiger partial charge in [0, 0.05) is 11.2 Å². The number of rotatable bonds is 3. The first-order valence-electron chi connectivity index (χ1n) is 5.61. The van der Waals surface area contributed by atoms with E-state index in [1.165, 1.54) is 0 Å². The predicted molar refractivity (Wildman–Crippen MR) is 72.5 cm³/mol. The number of halogens is 1. The number of aromatic nitrogens is 1. The molecule has 0 aliphatic carbocycles. The first kappa shape index (κ1) is 11.9. The van der Waals surface area contributed by atoms with E-state index in [1.54, 1.807) is 6.20 Å². The van der Waals surface area contributed by atoms with Gasteiger partial charge in [0.1, 0.15) is 5.82 Å². The van der Waals surface area contributed by atoms with E-state index < -0.39 is 0 Å². The van der Waals surface area contributed by atoms with E-state index in [4.69, 9.17) is 11.6 Å². The number of benzene rings is 1. The summed E-state index contributed by atoms with van der Waals surface area (Å²) in [4.78, 5) is 4.32. The van der Waals surface area contributed by atoms with Gasteiger partial charge < -0.3 is 5.32 Å². The second-order valence-corrected chi connectivity index (χ2v) is 4.46. The lowest BCUT2D eigenvalue weighted by Crippen LogP contribution is -2.09. The summed E-state index contributed by atoms with van der Waals surface area (Å²) in [5, 5.41) is 4.15. The monoisotopic (exact) mass is 246 g/mol. The second kappa shape index (κ2) is 5.19. The molecule has 0 fully saturated rings. The van der Waals surface area contributed by atoms with Gasteiger partial charge in [-0.05, 0) is 37.1 Å². The molecule has 2 aromatic rings. The van der Waals surface area contributed by atoms with E-state index in [9.17, 15) is 0 Å². The Kier molecular flexibility index (Phi) is 3.64. The number of aryl methyl sites for hydroxylation is 1. The van der Waals surface area contributed by atoms with Crippen LogP contribution in [0.4, 0.5) is 5.82 Å². The van der Waals surface area contributed by atoms with Crippen molar-refractivity contribution in [2.75, 3.05) is 5.32 Å². The summed E-state index contributed by atoms with van der Waals surface area (Å²) < 4.78 is 0. The van der Waals surface area contributed by atoms with Crippen LogP contribution in [0, 0.1) is 6.92 Å². The first-order valence-corrected chi connectivity index (χ1v) is 5.99. The van der Waals surface area contributed by atoms with Gasteiger partial charge in [-0.3, -0.25) is 0 Å². The highest BCUT2D eigenvalue weighted by Gasteiger charge is 2.10. The summed E-state index contributed by atoms with van der Waals surface area (Å²) in [6, 6.07) is 12.0. The average molecular weight is 247 g/mol. The van der Waals surface area contributed by atoms with Gasteiger partial charge in [0.05, 0.1) is 6.04 Å². The third kappa shape index (κ3) is 2.77. The molecule has 1 N–H and O–H groups in total. The summed E-state index contributed by atoms with van der Waals surface area (Å²) in [6.07, 6.45) is 1.79.